The minimum Gasteiger partial charge on any atom is -0.447 e. The number of carbonyl (C=O) groups excluding carboxylic acids is 2. The molecule has 1 unspecified atom stereocenters. The lowest BCUT2D eigenvalue weighted by Gasteiger charge is -2.21. The maximum atomic E-state index is 12.8. The molecule has 0 radical (unpaired) electrons. The number of hydrogen-bond donors (Lipinski definition) is 0. The first-order valence-electron chi connectivity index (χ1n) is 8.17. The minimum absolute atomic E-state index is 0.142. The third-order valence-electron chi connectivity index (χ3n) is 4.35. The molecule has 0 saturated carbocycles. The van der Waals surface area contributed by atoms with Gasteiger partial charge in [0, 0.05) is 0 Å². The van der Waals surface area contributed by atoms with Gasteiger partial charge in [0.1, 0.15) is 6.61 Å². The summed E-state index contributed by atoms with van der Waals surface area (Å²) in [5.74, 6) is -0.429. The molecule has 4 heteroatoms. The van der Waals surface area contributed by atoms with Crippen LogP contribution < -0.4 is 0 Å². The third-order valence-corrected chi connectivity index (χ3v) is 4.35. The van der Waals surface area contributed by atoms with E-state index in [-0.39, 0.29) is 11.8 Å². The summed E-state index contributed by atoms with van der Waals surface area (Å²) in [4.78, 5) is 25.8. The summed E-state index contributed by atoms with van der Waals surface area (Å²) in [6.45, 7) is 2.75. The Morgan fingerprint density at radius 1 is 1.22 bits per heavy atom. The first-order valence-corrected chi connectivity index (χ1v) is 8.17. The summed E-state index contributed by atoms with van der Waals surface area (Å²) in [7, 11) is 0. The average molecular weight is 311 g/mol. The van der Waals surface area contributed by atoms with Crippen LogP contribution in [-0.2, 0) is 9.53 Å². The molecule has 23 heavy (non-hydrogen) atoms. The van der Waals surface area contributed by atoms with E-state index in [4.69, 9.17) is 4.74 Å². The highest BCUT2D eigenvalue weighted by atomic mass is 16.6. The molecular formula is C19H21NO3. The van der Waals surface area contributed by atoms with Crippen LogP contribution in [0.15, 0.2) is 42.5 Å². The fraction of sp³-hybridized carbons (Fsp3) is 0.368. The largest absolute Gasteiger partial charge is 0.447 e. The predicted molar refractivity (Wildman–Crippen MR) is 89.3 cm³/mol. The second-order valence-corrected chi connectivity index (χ2v) is 5.91. The maximum absolute atomic E-state index is 12.8. The number of imide groups is 1. The van der Waals surface area contributed by atoms with E-state index in [1.54, 1.807) is 0 Å². The van der Waals surface area contributed by atoms with E-state index in [1.165, 1.54) is 4.90 Å². The van der Waals surface area contributed by atoms with Gasteiger partial charge in [0.15, 0.2) is 0 Å². The van der Waals surface area contributed by atoms with Crippen molar-refractivity contribution in [2.24, 2.45) is 0 Å². The molecule has 2 aromatic rings. The Labute approximate surface area is 136 Å². The first kappa shape index (κ1) is 15.5. The Bertz CT molecular complexity index is 725. The van der Waals surface area contributed by atoms with Gasteiger partial charge in [0.25, 0.3) is 0 Å². The van der Waals surface area contributed by atoms with Crippen LogP contribution in [0.1, 0.15) is 37.7 Å². The van der Waals surface area contributed by atoms with Gasteiger partial charge in [0.2, 0.25) is 5.91 Å². The van der Waals surface area contributed by atoms with E-state index in [2.05, 4.69) is 19.1 Å². The van der Waals surface area contributed by atoms with E-state index >= 15 is 0 Å². The zero-order valence-corrected chi connectivity index (χ0v) is 13.3. The van der Waals surface area contributed by atoms with Crippen LogP contribution >= 0.6 is 0 Å². The normalized spacial score (nSPS) is 15.7. The van der Waals surface area contributed by atoms with Gasteiger partial charge in [-0.05, 0) is 22.8 Å². The summed E-state index contributed by atoms with van der Waals surface area (Å²) in [5.41, 5.74) is 0.974. The molecule has 0 aliphatic carbocycles. The number of nitrogens with zero attached hydrogens (tertiary/aromatic N) is 1. The number of hydrogen-bond acceptors (Lipinski definition) is 3. The molecule has 120 valence electrons. The number of rotatable bonds is 5. The molecule has 1 aliphatic heterocycles. The molecular weight excluding hydrogens is 290 g/mol. The quantitative estimate of drug-likeness (QED) is 0.835. The number of benzene rings is 2. The summed E-state index contributed by atoms with van der Waals surface area (Å²) in [6.07, 6.45) is 2.20. The van der Waals surface area contributed by atoms with Gasteiger partial charge in [-0.3, -0.25) is 4.79 Å². The van der Waals surface area contributed by atoms with Crippen LogP contribution in [-0.4, -0.2) is 30.1 Å². The summed E-state index contributed by atoms with van der Waals surface area (Å²) >= 11 is 0. The number of fused-ring (bicyclic) bond motifs is 1. The highest BCUT2D eigenvalue weighted by molar-refractivity contribution is 5.97. The molecule has 1 fully saturated rings. The van der Waals surface area contributed by atoms with Crippen molar-refractivity contribution in [3.8, 4) is 0 Å². The molecule has 0 aromatic heterocycles. The SMILES string of the molecule is CCCCC(C(=O)N1CCOC1=O)c1ccc2ccccc2c1. The van der Waals surface area contributed by atoms with Gasteiger partial charge in [-0.2, -0.15) is 0 Å². The predicted octanol–water partition coefficient (Wildman–Crippen LogP) is 4.09. The molecule has 2 aromatic carbocycles. The summed E-state index contributed by atoms with van der Waals surface area (Å²) in [5, 5.41) is 2.27. The van der Waals surface area contributed by atoms with Crippen LogP contribution in [0.3, 0.4) is 0 Å². The number of amides is 2. The van der Waals surface area contributed by atoms with Crippen LogP contribution in [0, 0.1) is 0 Å². The van der Waals surface area contributed by atoms with E-state index in [0.717, 1.165) is 35.6 Å². The Morgan fingerprint density at radius 2 is 2.00 bits per heavy atom. The molecule has 1 saturated heterocycles. The standard InChI is InChI=1S/C19H21NO3/c1-2-3-8-17(18(21)20-11-12-23-19(20)22)16-10-9-14-6-4-5-7-15(14)13-16/h4-7,9-10,13,17H,2-3,8,11-12H2,1H3. The highest BCUT2D eigenvalue weighted by Crippen LogP contribution is 2.28. The van der Waals surface area contributed by atoms with Gasteiger partial charge in [-0.25, -0.2) is 9.69 Å². The van der Waals surface area contributed by atoms with E-state index in [9.17, 15) is 9.59 Å². The minimum atomic E-state index is -0.516. The molecule has 0 spiro atoms. The van der Waals surface area contributed by atoms with Gasteiger partial charge in [0.05, 0.1) is 12.5 Å². The Balaban J connectivity index is 1.93. The average Bonchev–Trinajstić information content (AvgIpc) is 3.01. The van der Waals surface area contributed by atoms with E-state index in [0.29, 0.717) is 13.2 Å². The zero-order chi connectivity index (χ0) is 16.2. The second kappa shape index (κ2) is 6.82. The van der Waals surface area contributed by atoms with E-state index < -0.39 is 6.09 Å². The fourth-order valence-electron chi connectivity index (χ4n) is 3.05. The van der Waals surface area contributed by atoms with Gasteiger partial charge < -0.3 is 4.74 Å². The lowest BCUT2D eigenvalue weighted by molar-refractivity contribution is -0.129. The third kappa shape index (κ3) is 3.21. The van der Waals surface area contributed by atoms with Crippen molar-refractivity contribution in [3.05, 3.63) is 48.0 Å². The maximum Gasteiger partial charge on any atom is 0.416 e. The Kier molecular flexibility index (Phi) is 4.60. The van der Waals surface area contributed by atoms with Crippen molar-refractivity contribution in [1.82, 2.24) is 4.90 Å². The zero-order valence-electron chi connectivity index (χ0n) is 13.3. The monoisotopic (exact) mass is 311 g/mol. The molecule has 1 heterocycles. The fourth-order valence-corrected chi connectivity index (χ4v) is 3.05. The van der Waals surface area contributed by atoms with Crippen molar-refractivity contribution in [1.29, 1.82) is 0 Å². The molecule has 4 nitrogen and oxygen atoms in total. The molecule has 3 rings (SSSR count). The van der Waals surface area contributed by atoms with Crippen molar-refractivity contribution >= 4 is 22.8 Å². The van der Waals surface area contributed by atoms with Gasteiger partial charge in [-0.1, -0.05) is 62.2 Å². The van der Waals surface area contributed by atoms with Crippen LogP contribution in [0.4, 0.5) is 4.79 Å². The topological polar surface area (TPSA) is 46.6 Å². The number of ether oxygens (including phenoxy) is 1. The van der Waals surface area contributed by atoms with Crippen LogP contribution in [0.2, 0.25) is 0 Å². The molecule has 2 amide bonds. The summed E-state index contributed by atoms with van der Waals surface area (Å²) < 4.78 is 4.91. The molecule has 1 atom stereocenters. The van der Waals surface area contributed by atoms with Crippen molar-refractivity contribution in [2.45, 2.75) is 32.1 Å². The molecule has 0 N–H and O–H groups in total. The van der Waals surface area contributed by atoms with E-state index in [1.807, 2.05) is 30.3 Å². The smallest absolute Gasteiger partial charge is 0.416 e. The lowest BCUT2D eigenvalue weighted by atomic mass is 9.90. The summed E-state index contributed by atoms with van der Waals surface area (Å²) in [6, 6.07) is 14.2. The first-order chi connectivity index (χ1) is 11.2. The van der Waals surface area contributed by atoms with Crippen molar-refractivity contribution in [2.75, 3.05) is 13.2 Å². The number of carbonyl (C=O) groups is 2. The van der Waals surface area contributed by atoms with Crippen LogP contribution in [0.5, 0.6) is 0 Å². The van der Waals surface area contributed by atoms with Gasteiger partial charge >= 0.3 is 6.09 Å². The second-order valence-electron chi connectivity index (χ2n) is 5.91. The lowest BCUT2D eigenvalue weighted by Crippen LogP contribution is -2.35. The van der Waals surface area contributed by atoms with Crippen LogP contribution in [0.25, 0.3) is 10.8 Å². The van der Waals surface area contributed by atoms with Crippen molar-refractivity contribution in [3.63, 3.8) is 0 Å². The van der Waals surface area contributed by atoms with Crippen molar-refractivity contribution < 1.29 is 14.3 Å². The highest BCUT2D eigenvalue weighted by Gasteiger charge is 2.33. The van der Waals surface area contributed by atoms with Gasteiger partial charge in [-0.15, -0.1) is 0 Å². The number of unbranched alkanes of at least 4 members (excludes halogenated alkanes) is 1. The number of cyclic esters (lactones) is 1. The Morgan fingerprint density at radius 3 is 2.70 bits per heavy atom. The molecule has 0 bridgehead atoms. The Hall–Kier alpha value is -2.36. The molecule has 1 aliphatic rings.